The van der Waals surface area contributed by atoms with Gasteiger partial charge in [0.2, 0.25) is 0 Å². The molecule has 5 nitrogen and oxygen atoms in total. The summed E-state index contributed by atoms with van der Waals surface area (Å²) in [6.45, 7) is 3.01. The highest BCUT2D eigenvalue weighted by atomic mass is 32.1. The molecule has 2 rings (SSSR count). The predicted molar refractivity (Wildman–Crippen MR) is 100 cm³/mol. The molecule has 0 aliphatic heterocycles. The average molecular weight is 358 g/mol. The van der Waals surface area contributed by atoms with Crippen LogP contribution in [0.15, 0.2) is 47.5 Å². The molecular formula is C19H22N2O3S. The molecule has 2 N–H and O–H groups in total. The van der Waals surface area contributed by atoms with Gasteiger partial charge in [0.15, 0.2) is 0 Å². The Bertz CT molecular complexity index is 722. The van der Waals surface area contributed by atoms with Gasteiger partial charge in [-0.25, -0.2) is 0 Å². The Morgan fingerprint density at radius 1 is 1.20 bits per heavy atom. The largest absolute Gasteiger partial charge is 0.385 e. The quantitative estimate of drug-likeness (QED) is 0.563. The van der Waals surface area contributed by atoms with Crippen molar-refractivity contribution >= 4 is 29.2 Å². The number of aryl methyl sites for hydroxylation is 1. The van der Waals surface area contributed by atoms with E-state index in [1.807, 2.05) is 36.6 Å². The van der Waals surface area contributed by atoms with Crippen molar-refractivity contribution in [1.82, 2.24) is 10.6 Å². The SMILES string of the molecule is COCCCNC(=O)/C(=C\c1cccs1)NC(=O)c1ccc(C)cc1. The van der Waals surface area contributed by atoms with Crippen molar-refractivity contribution in [3.05, 3.63) is 63.5 Å². The van der Waals surface area contributed by atoms with E-state index < -0.39 is 0 Å². The van der Waals surface area contributed by atoms with Crippen molar-refractivity contribution < 1.29 is 14.3 Å². The number of carbonyl (C=O) groups is 2. The first kappa shape index (κ1) is 18.9. The van der Waals surface area contributed by atoms with Crippen LogP contribution < -0.4 is 10.6 Å². The van der Waals surface area contributed by atoms with Gasteiger partial charge in [-0.2, -0.15) is 0 Å². The fourth-order valence-electron chi connectivity index (χ4n) is 2.09. The summed E-state index contributed by atoms with van der Waals surface area (Å²) >= 11 is 1.50. The van der Waals surface area contributed by atoms with E-state index in [-0.39, 0.29) is 17.5 Å². The van der Waals surface area contributed by atoms with Gasteiger partial charge in [0, 0.05) is 30.7 Å². The number of thiophene rings is 1. The number of hydrogen-bond donors (Lipinski definition) is 2. The first-order valence-corrected chi connectivity index (χ1v) is 8.88. The molecule has 1 aromatic heterocycles. The van der Waals surface area contributed by atoms with Gasteiger partial charge in [0.05, 0.1) is 0 Å². The minimum absolute atomic E-state index is 0.227. The van der Waals surface area contributed by atoms with Crippen molar-refractivity contribution in [2.45, 2.75) is 13.3 Å². The van der Waals surface area contributed by atoms with Crippen molar-refractivity contribution in [1.29, 1.82) is 0 Å². The van der Waals surface area contributed by atoms with Crippen molar-refractivity contribution in [3.63, 3.8) is 0 Å². The van der Waals surface area contributed by atoms with E-state index in [9.17, 15) is 9.59 Å². The monoisotopic (exact) mass is 358 g/mol. The molecule has 25 heavy (non-hydrogen) atoms. The van der Waals surface area contributed by atoms with E-state index in [1.165, 1.54) is 11.3 Å². The van der Waals surface area contributed by atoms with Crippen LogP contribution >= 0.6 is 11.3 Å². The minimum atomic E-state index is -0.315. The number of ether oxygens (including phenoxy) is 1. The van der Waals surface area contributed by atoms with Gasteiger partial charge < -0.3 is 15.4 Å². The first-order chi connectivity index (χ1) is 12.1. The van der Waals surface area contributed by atoms with Gasteiger partial charge in [-0.15, -0.1) is 11.3 Å². The number of amides is 2. The molecular weight excluding hydrogens is 336 g/mol. The second kappa shape index (κ2) is 9.76. The molecule has 1 aromatic carbocycles. The van der Waals surface area contributed by atoms with Crippen LogP contribution in [0, 0.1) is 6.92 Å². The molecule has 0 unspecified atom stereocenters. The van der Waals surface area contributed by atoms with Crippen molar-refractivity contribution in [3.8, 4) is 0 Å². The lowest BCUT2D eigenvalue weighted by molar-refractivity contribution is -0.117. The van der Waals surface area contributed by atoms with E-state index >= 15 is 0 Å². The van der Waals surface area contributed by atoms with Crippen LogP contribution in [0.2, 0.25) is 0 Å². The number of carbonyl (C=O) groups excluding carboxylic acids is 2. The smallest absolute Gasteiger partial charge is 0.267 e. The molecule has 2 amide bonds. The third-order valence-corrected chi connectivity index (χ3v) is 4.27. The normalized spacial score (nSPS) is 11.2. The van der Waals surface area contributed by atoms with E-state index in [2.05, 4.69) is 10.6 Å². The zero-order chi connectivity index (χ0) is 18.1. The average Bonchev–Trinajstić information content (AvgIpc) is 3.11. The predicted octanol–water partition coefficient (Wildman–Crippen LogP) is 2.98. The van der Waals surface area contributed by atoms with Crippen LogP contribution in [0.5, 0.6) is 0 Å². The highest BCUT2D eigenvalue weighted by molar-refractivity contribution is 7.10. The lowest BCUT2D eigenvalue weighted by Crippen LogP contribution is -2.35. The first-order valence-electron chi connectivity index (χ1n) is 8.00. The second-order valence-electron chi connectivity index (χ2n) is 5.50. The Morgan fingerprint density at radius 2 is 1.96 bits per heavy atom. The van der Waals surface area contributed by atoms with Crippen LogP contribution in [-0.4, -0.2) is 32.1 Å². The third kappa shape index (κ3) is 6.17. The summed E-state index contributed by atoms with van der Waals surface area (Å²) in [6.07, 6.45) is 2.39. The molecule has 0 aliphatic rings. The highest BCUT2D eigenvalue weighted by Crippen LogP contribution is 2.13. The lowest BCUT2D eigenvalue weighted by Gasteiger charge is -2.11. The Morgan fingerprint density at radius 3 is 2.60 bits per heavy atom. The van der Waals surface area contributed by atoms with E-state index in [0.29, 0.717) is 25.1 Å². The molecule has 0 spiro atoms. The number of nitrogens with one attached hydrogen (secondary N) is 2. The lowest BCUT2D eigenvalue weighted by atomic mass is 10.1. The Kier molecular flexibility index (Phi) is 7.37. The number of hydrogen-bond acceptors (Lipinski definition) is 4. The standard InChI is InChI=1S/C19H22N2O3S/c1-14-6-8-15(9-7-14)18(22)21-17(13-16-5-3-12-25-16)19(23)20-10-4-11-24-2/h3,5-9,12-13H,4,10-11H2,1-2H3,(H,20,23)(H,21,22)/b17-13+. The number of rotatable bonds is 8. The van der Waals surface area contributed by atoms with E-state index in [1.54, 1.807) is 25.3 Å². The van der Waals surface area contributed by atoms with Crippen LogP contribution in [0.1, 0.15) is 27.2 Å². The van der Waals surface area contributed by atoms with Crippen LogP contribution in [0.25, 0.3) is 6.08 Å². The molecule has 6 heteroatoms. The number of benzene rings is 1. The Balaban J connectivity index is 2.10. The van der Waals surface area contributed by atoms with Gasteiger partial charge in [-0.05, 0) is 43.0 Å². The van der Waals surface area contributed by atoms with E-state index in [0.717, 1.165) is 10.4 Å². The second-order valence-corrected chi connectivity index (χ2v) is 6.48. The summed E-state index contributed by atoms with van der Waals surface area (Å²) in [4.78, 5) is 25.7. The zero-order valence-electron chi connectivity index (χ0n) is 14.4. The molecule has 132 valence electrons. The maximum Gasteiger partial charge on any atom is 0.267 e. The van der Waals surface area contributed by atoms with Crippen molar-refractivity contribution in [2.75, 3.05) is 20.3 Å². The topological polar surface area (TPSA) is 67.4 Å². The van der Waals surface area contributed by atoms with Crippen LogP contribution in [-0.2, 0) is 9.53 Å². The van der Waals surface area contributed by atoms with Gasteiger partial charge in [0.1, 0.15) is 5.70 Å². The summed E-state index contributed by atoms with van der Waals surface area (Å²) in [7, 11) is 1.62. The molecule has 0 atom stereocenters. The highest BCUT2D eigenvalue weighted by Gasteiger charge is 2.14. The molecule has 0 aliphatic carbocycles. The molecule has 1 heterocycles. The van der Waals surface area contributed by atoms with Gasteiger partial charge in [-0.3, -0.25) is 9.59 Å². The van der Waals surface area contributed by atoms with Gasteiger partial charge in [-0.1, -0.05) is 23.8 Å². The molecule has 0 saturated carbocycles. The summed E-state index contributed by atoms with van der Waals surface area (Å²) in [5, 5.41) is 7.43. The minimum Gasteiger partial charge on any atom is -0.385 e. The molecule has 2 aromatic rings. The fourth-order valence-corrected chi connectivity index (χ4v) is 2.74. The summed E-state index contributed by atoms with van der Waals surface area (Å²) < 4.78 is 4.97. The maximum absolute atomic E-state index is 12.4. The fraction of sp³-hybridized carbons (Fsp3) is 0.263. The zero-order valence-corrected chi connectivity index (χ0v) is 15.2. The summed E-state index contributed by atoms with van der Waals surface area (Å²) in [5.41, 5.74) is 1.81. The van der Waals surface area contributed by atoms with E-state index in [4.69, 9.17) is 4.74 Å². The summed E-state index contributed by atoms with van der Waals surface area (Å²) in [5.74, 6) is -0.625. The maximum atomic E-state index is 12.4. The summed E-state index contributed by atoms with van der Waals surface area (Å²) in [6, 6.07) is 11.0. The third-order valence-electron chi connectivity index (χ3n) is 3.45. The van der Waals surface area contributed by atoms with Crippen LogP contribution in [0.4, 0.5) is 0 Å². The molecule has 0 fully saturated rings. The van der Waals surface area contributed by atoms with Gasteiger partial charge in [0.25, 0.3) is 11.8 Å². The van der Waals surface area contributed by atoms with Crippen LogP contribution in [0.3, 0.4) is 0 Å². The molecule has 0 bridgehead atoms. The Hall–Kier alpha value is -2.44. The molecule has 0 radical (unpaired) electrons. The Labute approximate surface area is 151 Å². The number of methoxy groups -OCH3 is 1. The van der Waals surface area contributed by atoms with Crippen molar-refractivity contribution in [2.24, 2.45) is 0 Å². The van der Waals surface area contributed by atoms with Gasteiger partial charge >= 0.3 is 0 Å². The molecule has 0 saturated heterocycles.